The molecular weight excluding hydrogens is 256 g/mol. The van der Waals surface area contributed by atoms with Crippen molar-refractivity contribution in [3.05, 3.63) is 46.4 Å². The van der Waals surface area contributed by atoms with Crippen LogP contribution in [0.2, 0.25) is 1.41 Å². The maximum Gasteiger partial charge on any atom is 0.270 e. The first-order valence-electron chi connectivity index (χ1n) is 7.15. The van der Waals surface area contributed by atoms with Gasteiger partial charge in [-0.3, -0.25) is 10.1 Å². The van der Waals surface area contributed by atoms with Crippen molar-refractivity contribution in [1.29, 1.82) is 0 Å². The highest BCUT2D eigenvalue weighted by atomic mass is 16.6. The van der Waals surface area contributed by atoms with E-state index in [1.165, 1.54) is 12.1 Å². The normalized spacial score (nSPS) is 20.6. The highest BCUT2D eigenvalue weighted by Gasteiger charge is 2.18. The molecule has 1 aliphatic rings. The molecule has 2 N–H and O–H groups in total. The Labute approximate surface area is 117 Å². The average molecular weight is 273 g/mol. The van der Waals surface area contributed by atoms with Gasteiger partial charge in [-0.25, -0.2) is 4.98 Å². The number of benzene rings is 1. The number of hydrogen-bond acceptors (Lipinski definition) is 4. The minimum absolute atomic E-state index is 0.0220. The summed E-state index contributed by atoms with van der Waals surface area (Å²) in [6.07, 6.45) is 4.72. The van der Waals surface area contributed by atoms with Crippen molar-refractivity contribution in [2.45, 2.75) is 25.3 Å². The lowest BCUT2D eigenvalue weighted by Gasteiger charge is -2.21. The van der Waals surface area contributed by atoms with E-state index >= 15 is 0 Å². The number of nitro benzene ring substituents is 1. The van der Waals surface area contributed by atoms with Gasteiger partial charge in [0.25, 0.3) is 5.69 Å². The highest BCUT2D eigenvalue weighted by molar-refractivity contribution is 5.62. The molecule has 104 valence electrons. The summed E-state index contributed by atoms with van der Waals surface area (Å²) in [6.45, 7) is 0.748. The van der Waals surface area contributed by atoms with E-state index in [0.717, 1.165) is 42.9 Å². The van der Waals surface area contributed by atoms with Crippen molar-refractivity contribution in [2.75, 3.05) is 6.54 Å². The van der Waals surface area contributed by atoms with Crippen molar-refractivity contribution < 1.29 is 6.34 Å². The molecule has 1 unspecified atom stereocenters. The summed E-state index contributed by atoms with van der Waals surface area (Å²) in [5.74, 6) is 0.756. The minimum atomic E-state index is -0.409. The Bertz CT molecular complexity index is 658. The Kier molecular flexibility index (Phi) is 3.14. The van der Waals surface area contributed by atoms with Crippen LogP contribution in [0.4, 0.5) is 5.69 Å². The van der Waals surface area contributed by atoms with E-state index in [9.17, 15) is 10.1 Å². The lowest BCUT2D eigenvalue weighted by Crippen LogP contribution is -2.27. The molecule has 2 aromatic rings. The molecule has 1 atom stereocenters. The fourth-order valence-corrected chi connectivity index (χ4v) is 2.45. The molecule has 1 fully saturated rings. The van der Waals surface area contributed by atoms with Crippen LogP contribution in [-0.2, 0) is 0 Å². The van der Waals surface area contributed by atoms with Crippen LogP contribution >= 0.6 is 0 Å². The molecule has 1 aromatic carbocycles. The number of nitrogens with one attached hydrogen (secondary N) is 2. The summed E-state index contributed by atoms with van der Waals surface area (Å²) >= 11 is 0. The van der Waals surface area contributed by atoms with Crippen LogP contribution in [0.5, 0.6) is 0 Å². The molecule has 1 aliphatic heterocycles. The van der Waals surface area contributed by atoms with Gasteiger partial charge in [-0.05, 0) is 19.4 Å². The Balaban J connectivity index is 1.87. The molecule has 0 amide bonds. The third-order valence-electron chi connectivity index (χ3n) is 3.51. The zero-order valence-corrected chi connectivity index (χ0v) is 11.0. The minimum Gasteiger partial charge on any atom is -0.341 e. The van der Waals surface area contributed by atoms with Gasteiger partial charge in [-0.1, -0.05) is 18.6 Å². The van der Waals surface area contributed by atoms with E-state index in [2.05, 4.69) is 9.97 Å². The van der Waals surface area contributed by atoms with Gasteiger partial charge < -0.3 is 10.3 Å². The van der Waals surface area contributed by atoms with Crippen LogP contribution < -0.4 is 5.31 Å². The van der Waals surface area contributed by atoms with E-state index in [1.807, 2.05) is 6.07 Å². The van der Waals surface area contributed by atoms with Crippen molar-refractivity contribution in [3.8, 4) is 11.3 Å². The molecule has 1 saturated heterocycles. The number of rotatable bonds is 3. The van der Waals surface area contributed by atoms with Crippen molar-refractivity contribution in [3.63, 3.8) is 0 Å². The molecule has 0 saturated carbocycles. The summed E-state index contributed by atoms with van der Waals surface area (Å²) in [5, 5.41) is 12.4. The molecule has 6 heteroatoms. The Hall–Kier alpha value is -2.21. The third kappa shape index (κ3) is 2.55. The Morgan fingerprint density at radius 3 is 3.15 bits per heavy atom. The number of hydrogen-bond donors (Lipinski definition) is 2. The Morgan fingerprint density at radius 1 is 1.45 bits per heavy atom. The second-order valence-corrected chi connectivity index (χ2v) is 4.91. The summed E-state index contributed by atoms with van der Waals surface area (Å²) in [5.41, 5.74) is 1.53. The lowest BCUT2D eigenvalue weighted by molar-refractivity contribution is -0.384. The van der Waals surface area contributed by atoms with E-state index in [1.54, 1.807) is 17.6 Å². The van der Waals surface area contributed by atoms with Crippen LogP contribution in [0.15, 0.2) is 30.5 Å². The first kappa shape index (κ1) is 11.6. The predicted octanol–water partition coefficient (Wildman–Crippen LogP) is 2.80. The number of imidazole rings is 1. The largest absolute Gasteiger partial charge is 0.341 e. The molecule has 1 aromatic heterocycles. The summed E-state index contributed by atoms with van der Waals surface area (Å²) in [6, 6.07) is 6.44. The first-order chi connectivity index (χ1) is 10.1. The molecule has 0 bridgehead atoms. The average Bonchev–Trinajstić information content (AvgIpc) is 2.97. The molecule has 0 radical (unpaired) electrons. The van der Waals surface area contributed by atoms with Gasteiger partial charge in [0, 0.05) is 17.7 Å². The lowest BCUT2D eigenvalue weighted by atomic mass is 10.0. The predicted molar refractivity (Wildman–Crippen MR) is 75.3 cm³/mol. The van der Waals surface area contributed by atoms with Gasteiger partial charge in [0.1, 0.15) is 7.24 Å². The smallest absolute Gasteiger partial charge is 0.270 e. The van der Waals surface area contributed by atoms with Crippen molar-refractivity contribution in [1.82, 2.24) is 15.3 Å². The number of non-ortho nitro benzene ring substituents is 1. The number of H-pyrrole nitrogens is 1. The number of aromatic nitrogens is 2. The maximum absolute atomic E-state index is 10.8. The maximum atomic E-state index is 10.8. The number of aromatic amines is 1. The number of nitro groups is 1. The van der Waals surface area contributed by atoms with E-state index in [4.69, 9.17) is 1.41 Å². The monoisotopic (exact) mass is 273 g/mol. The van der Waals surface area contributed by atoms with E-state index in [-0.39, 0.29) is 11.7 Å². The fourth-order valence-electron chi connectivity index (χ4n) is 2.45. The zero-order valence-electron chi connectivity index (χ0n) is 12.0. The topological polar surface area (TPSA) is 83.8 Å². The van der Waals surface area contributed by atoms with Gasteiger partial charge in [-0.2, -0.15) is 0 Å². The summed E-state index contributed by atoms with van der Waals surface area (Å²) < 4.78 is 7.95. The van der Waals surface area contributed by atoms with Crippen LogP contribution in [0.3, 0.4) is 0 Å². The van der Waals surface area contributed by atoms with Crippen LogP contribution in [0.25, 0.3) is 11.3 Å². The Morgan fingerprint density at radius 2 is 2.35 bits per heavy atom. The number of nitrogens with zero attached hydrogens (tertiary/aromatic N) is 2. The third-order valence-corrected chi connectivity index (χ3v) is 3.51. The van der Waals surface area contributed by atoms with Crippen LogP contribution in [0.1, 0.15) is 31.1 Å². The van der Waals surface area contributed by atoms with E-state index < -0.39 is 4.92 Å². The van der Waals surface area contributed by atoms with Crippen LogP contribution in [-0.4, -0.2) is 21.4 Å². The molecule has 20 heavy (non-hydrogen) atoms. The second-order valence-electron chi connectivity index (χ2n) is 4.91. The summed E-state index contributed by atoms with van der Waals surface area (Å²) in [4.78, 5) is 18.0. The molecule has 0 aliphatic carbocycles. The molecule has 3 rings (SSSR count). The van der Waals surface area contributed by atoms with Gasteiger partial charge in [-0.15, -0.1) is 0 Å². The zero-order chi connectivity index (χ0) is 14.8. The second kappa shape index (κ2) is 5.42. The quantitative estimate of drug-likeness (QED) is 0.665. The molecule has 6 nitrogen and oxygen atoms in total. The van der Waals surface area contributed by atoms with Crippen molar-refractivity contribution in [2.24, 2.45) is 0 Å². The highest BCUT2D eigenvalue weighted by Crippen LogP contribution is 2.25. The van der Waals surface area contributed by atoms with Gasteiger partial charge in [0.15, 0.2) is 0 Å². The SMILES string of the molecule is [2H]N1CCCCC1c1ncc(-c2cccc([N+](=O)[O-])c2)[nH]1. The van der Waals surface area contributed by atoms with Gasteiger partial charge in [0.2, 0.25) is 0 Å². The molecule has 2 heterocycles. The first-order valence-corrected chi connectivity index (χ1v) is 6.70. The van der Waals surface area contributed by atoms with Gasteiger partial charge >= 0.3 is 0 Å². The molecule has 0 spiro atoms. The van der Waals surface area contributed by atoms with E-state index in [0.29, 0.717) is 0 Å². The molecular formula is C14H16N4O2. The number of piperidine rings is 1. The fraction of sp³-hybridized carbons (Fsp3) is 0.357. The standard InChI is InChI=1S/C14H16N4O2/c19-18(20)11-5-3-4-10(8-11)13-9-16-14(17-13)12-6-1-2-7-15-12/h3-5,8-9,12,15H,1-2,6-7H2,(H,16,17)/i/hD. The van der Waals surface area contributed by atoms with Crippen LogP contribution in [0, 0.1) is 10.1 Å². The summed E-state index contributed by atoms with van der Waals surface area (Å²) in [7, 11) is 0. The van der Waals surface area contributed by atoms with Crippen molar-refractivity contribution >= 4 is 5.69 Å². The van der Waals surface area contributed by atoms with Gasteiger partial charge in [0.05, 0.1) is 22.9 Å².